The molecule has 0 aromatic heterocycles. The highest BCUT2D eigenvalue weighted by atomic mass is 16.1. The van der Waals surface area contributed by atoms with Gasteiger partial charge in [0.2, 0.25) is 0 Å². The number of hydrogen-bond acceptors (Lipinski definition) is 2. The van der Waals surface area contributed by atoms with Crippen molar-refractivity contribution in [2.75, 3.05) is 18.0 Å². The summed E-state index contributed by atoms with van der Waals surface area (Å²) in [6.07, 6.45) is 2.94. The quantitative estimate of drug-likeness (QED) is 0.683. The van der Waals surface area contributed by atoms with E-state index in [-0.39, 0.29) is 5.41 Å². The highest BCUT2D eigenvalue weighted by molar-refractivity contribution is 5.61. The van der Waals surface area contributed by atoms with Crippen LogP contribution in [-0.4, -0.2) is 19.4 Å². The fourth-order valence-corrected chi connectivity index (χ4v) is 2.27. The Balaban J connectivity index is 2.94. The summed E-state index contributed by atoms with van der Waals surface area (Å²) in [5.41, 5.74) is 2.26. The van der Waals surface area contributed by atoms with Gasteiger partial charge in [0, 0.05) is 24.2 Å². The van der Waals surface area contributed by atoms with Crippen molar-refractivity contribution in [2.45, 2.75) is 40.5 Å². The van der Waals surface area contributed by atoms with Crippen LogP contribution in [0.25, 0.3) is 0 Å². The van der Waals surface area contributed by atoms with E-state index in [2.05, 4.69) is 56.9 Å². The standard InChI is InChI=1S/C16H25NO/c1-5-16(6-2,13-18)12-17(7-3)15-10-8-9-14(4)11-15/h8-11,13H,5-7,12H2,1-4H3. The summed E-state index contributed by atoms with van der Waals surface area (Å²) in [6, 6.07) is 8.49. The molecule has 0 radical (unpaired) electrons. The molecule has 0 aliphatic carbocycles. The molecular formula is C16H25NO. The van der Waals surface area contributed by atoms with E-state index in [1.807, 2.05) is 0 Å². The van der Waals surface area contributed by atoms with Crippen LogP contribution in [0.1, 0.15) is 39.2 Å². The second-order valence-electron chi connectivity index (χ2n) is 5.04. The topological polar surface area (TPSA) is 20.3 Å². The van der Waals surface area contributed by atoms with Crippen LogP contribution in [0.4, 0.5) is 5.69 Å². The van der Waals surface area contributed by atoms with E-state index in [9.17, 15) is 4.79 Å². The number of aldehydes is 1. The van der Waals surface area contributed by atoms with Crippen LogP contribution >= 0.6 is 0 Å². The lowest BCUT2D eigenvalue weighted by molar-refractivity contribution is -0.116. The van der Waals surface area contributed by atoms with Crippen molar-refractivity contribution in [3.05, 3.63) is 29.8 Å². The molecule has 0 amide bonds. The van der Waals surface area contributed by atoms with E-state index in [0.717, 1.165) is 32.2 Å². The van der Waals surface area contributed by atoms with Gasteiger partial charge in [-0.1, -0.05) is 26.0 Å². The van der Waals surface area contributed by atoms with E-state index < -0.39 is 0 Å². The largest absolute Gasteiger partial charge is 0.371 e. The van der Waals surface area contributed by atoms with Gasteiger partial charge in [-0.15, -0.1) is 0 Å². The van der Waals surface area contributed by atoms with Crippen molar-refractivity contribution < 1.29 is 4.79 Å². The molecule has 2 heteroatoms. The number of aryl methyl sites for hydroxylation is 1. The van der Waals surface area contributed by atoms with Crippen LogP contribution in [0.2, 0.25) is 0 Å². The maximum Gasteiger partial charge on any atom is 0.127 e. The van der Waals surface area contributed by atoms with Crippen molar-refractivity contribution in [3.63, 3.8) is 0 Å². The molecule has 0 aliphatic heterocycles. The average molecular weight is 247 g/mol. The Labute approximate surface area is 111 Å². The summed E-state index contributed by atoms with van der Waals surface area (Å²) >= 11 is 0. The Morgan fingerprint density at radius 2 is 1.89 bits per heavy atom. The highest BCUT2D eigenvalue weighted by Crippen LogP contribution is 2.27. The van der Waals surface area contributed by atoms with Crippen molar-refractivity contribution in [1.29, 1.82) is 0 Å². The molecule has 0 fully saturated rings. The molecule has 100 valence electrons. The predicted octanol–water partition coefficient (Wildman–Crippen LogP) is 3.83. The first-order valence-electron chi connectivity index (χ1n) is 6.88. The summed E-state index contributed by atoms with van der Waals surface area (Å²) in [4.78, 5) is 13.7. The molecule has 0 unspecified atom stereocenters. The second kappa shape index (κ2) is 6.58. The van der Waals surface area contributed by atoms with Crippen LogP contribution in [-0.2, 0) is 4.79 Å². The molecule has 1 rings (SSSR count). The normalized spacial score (nSPS) is 11.3. The Bertz CT molecular complexity index is 382. The zero-order chi connectivity index (χ0) is 13.6. The van der Waals surface area contributed by atoms with Gasteiger partial charge in [0.25, 0.3) is 0 Å². The second-order valence-corrected chi connectivity index (χ2v) is 5.04. The molecule has 0 saturated heterocycles. The maximum absolute atomic E-state index is 11.4. The summed E-state index contributed by atoms with van der Waals surface area (Å²) in [5, 5.41) is 0. The first-order chi connectivity index (χ1) is 8.60. The molecule has 0 saturated carbocycles. The molecule has 0 spiro atoms. The lowest BCUT2D eigenvalue weighted by Gasteiger charge is -2.34. The summed E-state index contributed by atoms with van der Waals surface area (Å²) in [5.74, 6) is 0. The van der Waals surface area contributed by atoms with Crippen LogP contribution in [0, 0.1) is 12.3 Å². The molecule has 1 aromatic rings. The fraction of sp³-hybridized carbons (Fsp3) is 0.562. The van der Waals surface area contributed by atoms with Crippen LogP contribution < -0.4 is 4.90 Å². The van der Waals surface area contributed by atoms with Crippen LogP contribution in [0.3, 0.4) is 0 Å². The third-order valence-corrected chi connectivity index (χ3v) is 3.91. The molecule has 2 nitrogen and oxygen atoms in total. The van der Waals surface area contributed by atoms with Crippen LogP contribution in [0.5, 0.6) is 0 Å². The minimum Gasteiger partial charge on any atom is -0.371 e. The van der Waals surface area contributed by atoms with Crippen molar-refractivity contribution in [3.8, 4) is 0 Å². The van der Waals surface area contributed by atoms with Crippen molar-refractivity contribution in [2.24, 2.45) is 5.41 Å². The minimum absolute atomic E-state index is 0.209. The molecule has 1 aromatic carbocycles. The van der Waals surface area contributed by atoms with E-state index in [0.29, 0.717) is 0 Å². The first-order valence-corrected chi connectivity index (χ1v) is 6.88. The number of hydrogen-bond donors (Lipinski definition) is 0. The summed E-state index contributed by atoms with van der Waals surface area (Å²) in [7, 11) is 0. The zero-order valence-corrected chi connectivity index (χ0v) is 12.1. The lowest BCUT2D eigenvalue weighted by Crippen LogP contribution is -2.38. The van der Waals surface area contributed by atoms with Gasteiger partial charge < -0.3 is 9.69 Å². The van der Waals surface area contributed by atoms with E-state index in [4.69, 9.17) is 0 Å². The predicted molar refractivity (Wildman–Crippen MR) is 78.1 cm³/mol. The number of carbonyl (C=O) groups excluding carboxylic acids is 1. The van der Waals surface area contributed by atoms with Crippen molar-refractivity contribution in [1.82, 2.24) is 0 Å². The van der Waals surface area contributed by atoms with Gasteiger partial charge in [0.15, 0.2) is 0 Å². The fourth-order valence-electron chi connectivity index (χ4n) is 2.27. The van der Waals surface area contributed by atoms with Gasteiger partial charge in [-0.25, -0.2) is 0 Å². The Kier molecular flexibility index (Phi) is 5.39. The Hall–Kier alpha value is -1.31. The number of benzene rings is 1. The number of carbonyl (C=O) groups is 1. The zero-order valence-electron chi connectivity index (χ0n) is 12.1. The average Bonchev–Trinajstić information content (AvgIpc) is 2.41. The molecule has 0 atom stereocenters. The number of nitrogens with zero attached hydrogens (tertiary/aromatic N) is 1. The molecule has 0 heterocycles. The molecule has 0 N–H and O–H groups in total. The van der Waals surface area contributed by atoms with Gasteiger partial charge >= 0.3 is 0 Å². The highest BCUT2D eigenvalue weighted by Gasteiger charge is 2.28. The molecule has 0 aliphatic rings. The van der Waals surface area contributed by atoms with Gasteiger partial charge in [0.05, 0.1) is 0 Å². The maximum atomic E-state index is 11.4. The van der Waals surface area contributed by atoms with E-state index in [1.54, 1.807) is 0 Å². The molecular weight excluding hydrogens is 222 g/mol. The minimum atomic E-state index is -0.209. The summed E-state index contributed by atoms with van der Waals surface area (Å²) < 4.78 is 0. The van der Waals surface area contributed by atoms with E-state index >= 15 is 0 Å². The first kappa shape index (κ1) is 14.7. The Morgan fingerprint density at radius 1 is 1.22 bits per heavy atom. The number of rotatable bonds is 7. The van der Waals surface area contributed by atoms with Crippen molar-refractivity contribution >= 4 is 12.0 Å². The SMILES string of the molecule is CCN(CC(C=O)(CC)CC)c1cccc(C)c1. The van der Waals surface area contributed by atoms with E-state index in [1.165, 1.54) is 11.3 Å². The molecule has 18 heavy (non-hydrogen) atoms. The van der Waals surface area contributed by atoms with Gasteiger partial charge in [0.1, 0.15) is 6.29 Å². The van der Waals surface area contributed by atoms with Crippen LogP contribution in [0.15, 0.2) is 24.3 Å². The molecule has 0 bridgehead atoms. The number of anilines is 1. The smallest absolute Gasteiger partial charge is 0.127 e. The van der Waals surface area contributed by atoms with Gasteiger partial charge in [-0.2, -0.15) is 0 Å². The third kappa shape index (κ3) is 3.34. The van der Waals surface area contributed by atoms with Gasteiger partial charge in [-0.05, 0) is 44.4 Å². The monoisotopic (exact) mass is 247 g/mol. The summed E-state index contributed by atoms with van der Waals surface area (Å²) in [6.45, 7) is 10.2. The van der Waals surface area contributed by atoms with Gasteiger partial charge in [-0.3, -0.25) is 0 Å². The third-order valence-electron chi connectivity index (χ3n) is 3.91. The Morgan fingerprint density at radius 3 is 2.33 bits per heavy atom. The lowest BCUT2D eigenvalue weighted by atomic mass is 9.83.